The summed E-state index contributed by atoms with van der Waals surface area (Å²) in [7, 11) is 0. The molecule has 2 aromatic rings. The summed E-state index contributed by atoms with van der Waals surface area (Å²) in [5, 5.41) is 0. The van der Waals surface area contributed by atoms with Crippen molar-refractivity contribution in [2.75, 3.05) is 17.2 Å². The SMILES string of the molecule is Nc1cccc(CN2C(=O)CCOc3ccccc32)c1Br. The molecule has 0 saturated carbocycles. The van der Waals surface area contributed by atoms with Gasteiger partial charge in [-0.1, -0.05) is 24.3 Å². The van der Waals surface area contributed by atoms with Gasteiger partial charge in [-0.2, -0.15) is 0 Å². The molecular weight excluding hydrogens is 332 g/mol. The van der Waals surface area contributed by atoms with Crippen molar-refractivity contribution in [2.45, 2.75) is 13.0 Å². The number of hydrogen-bond acceptors (Lipinski definition) is 3. The van der Waals surface area contributed by atoms with Crippen LogP contribution in [0.4, 0.5) is 11.4 Å². The largest absolute Gasteiger partial charge is 0.491 e. The van der Waals surface area contributed by atoms with E-state index in [2.05, 4.69) is 15.9 Å². The van der Waals surface area contributed by atoms with E-state index in [9.17, 15) is 4.79 Å². The van der Waals surface area contributed by atoms with Crippen LogP contribution in [0.3, 0.4) is 0 Å². The third-order valence-corrected chi connectivity index (χ3v) is 4.43. The first-order chi connectivity index (χ1) is 10.2. The topological polar surface area (TPSA) is 55.6 Å². The van der Waals surface area contributed by atoms with Crippen LogP contribution < -0.4 is 15.4 Å². The van der Waals surface area contributed by atoms with E-state index in [1.807, 2.05) is 42.5 Å². The van der Waals surface area contributed by atoms with Gasteiger partial charge in [0.25, 0.3) is 0 Å². The number of benzene rings is 2. The molecule has 4 nitrogen and oxygen atoms in total. The summed E-state index contributed by atoms with van der Waals surface area (Å²) in [6.45, 7) is 0.870. The van der Waals surface area contributed by atoms with Gasteiger partial charge in [0.1, 0.15) is 5.75 Å². The van der Waals surface area contributed by atoms with E-state index in [4.69, 9.17) is 10.5 Å². The second-order valence-corrected chi connectivity index (χ2v) is 5.66. The quantitative estimate of drug-likeness (QED) is 0.848. The van der Waals surface area contributed by atoms with Gasteiger partial charge in [-0.15, -0.1) is 0 Å². The molecule has 2 N–H and O–H groups in total. The number of anilines is 2. The zero-order chi connectivity index (χ0) is 14.8. The van der Waals surface area contributed by atoms with E-state index in [0.29, 0.717) is 25.3 Å². The summed E-state index contributed by atoms with van der Waals surface area (Å²) in [6.07, 6.45) is 0.370. The first-order valence-corrected chi connectivity index (χ1v) is 7.51. The van der Waals surface area contributed by atoms with Gasteiger partial charge in [0.05, 0.1) is 25.3 Å². The molecule has 1 aliphatic heterocycles. The maximum Gasteiger partial charge on any atom is 0.230 e. The van der Waals surface area contributed by atoms with Gasteiger partial charge in [-0.25, -0.2) is 0 Å². The molecule has 0 unspecified atom stereocenters. The lowest BCUT2D eigenvalue weighted by Crippen LogP contribution is -2.29. The summed E-state index contributed by atoms with van der Waals surface area (Å²) in [5.74, 6) is 0.789. The highest BCUT2D eigenvalue weighted by Crippen LogP contribution is 2.33. The van der Waals surface area contributed by atoms with Gasteiger partial charge >= 0.3 is 0 Å². The number of nitrogens with zero attached hydrogens (tertiary/aromatic N) is 1. The molecule has 0 atom stereocenters. The number of para-hydroxylation sites is 2. The Kier molecular flexibility index (Phi) is 3.84. The van der Waals surface area contributed by atoms with E-state index in [0.717, 1.165) is 21.5 Å². The average molecular weight is 347 g/mol. The Labute approximate surface area is 131 Å². The normalized spacial score (nSPS) is 14.3. The molecule has 0 aliphatic carbocycles. The van der Waals surface area contributed by atoms with Gasteiger partial charge < -0.3 is 15.4 Å². The number of halogens is 1. The van der Waals surface area contributed by atoms with E-state index in [-0.39, 0.29) is 5.91 Å². The Morgan fingerprint density at radius 2 is 2.00 bits per heavy atom. The third-order valence-electron chi connectivity index (χ3n) is 3.47. The highest BCUT2D eigenvalue weighted by molar-refractivity contribution is 9.10. The van der Waals surface area contributed by atoms with Crippen LogP contribution >= 0.6 is 15.9 Å². The molecule has 0 bridgehead atoms. The molecule has 3 rings (SSSR count). The minimum absolute atomic E-state index is 0.0503. The number of nitrogens with two attached hydrogens (primary N) is 1. The van der Waals surface area contributed by atoms with Crippen LogP contribution in [-0.2, 0) is 11.3 Å². The maximum atomic E-state index is 12.4. The van der Waals surface area contributed by atoms with Crippen LogP contribution in [0, 0.1) is 0 Å². The van der Waals surface area contributed by atoms with Crippen molar-refractivity contribution in [1.82, 2.24) is 0 Å². The Morgan fingerprint density at radius 1 is 1.19 bits per heavy atom. The molecule has 5 heteroatoms. The van der Waals surface area contributed by atoms with Crippen LogP contribution in [0.1, 0.15) is 12.0 Å². The molecule has 0 fully saturated rings. The number of ether oxygens (including phenoxy) is 1. The molecule has 0 spiro atoms. The fraction of sp³-hybridized carbons (Fsp3) is 0.188. The van der Waals surface area contributed by atoms with Gasteiger partial charge in [-0.3, -0.25) is 4.79 Å². The standard InChI is InChI=1S/C16H15BrN2O2/c17-16-11(4-3-5-12(16)18)10-19-13-6-1-2-7-14(13)21-9-8-15(19)20/h1-7H,8-10,18H2. The predicted molar refractivity (Wildman–Crippen MR) is 86.3 cm³/mol. The lowest BCUT2D eigenvalue weighted by Gasteiger charge is -2.22. The highest BCUT2D eigenvalue weighted by Gasteiger charge is 2.23. The van der Waals surface area contributed by atoms with Crippen LogP contribution in [0.15, 0.2) is 46.9 Å². The number of fused-ring (bicyclic) bond motifs is 1. The minimum Gasteiger partial charge on any atom is -0.491 e. The fourth-order valence-corrected chi connectivity index (χ4v) is 2.77. The van der Waals surface area contributed by atoms with Gasteiger partial charge in [0, 0.05) is 10.2 Å². The summed E-state index contributed by atoms with van der Waals surface area (Å²) >= 11 is 3.49. The Bertz CT molecular complexity index is 688. The molecular formula is C16H15BrN2O2. The molecule has 21 heavy (non-hydrogen) atoms. The van der Waals surface area contributed by atoms with Gasteiger partial charge in [-0.05, 0) is 39.7 Å². The molecule has 0 radical (unpaired) electrons. The number of rotatable bonds is 2. The van der Waals surface area contributed by atoms with Crippen LogP contribution in [0.2, 0.25) is 0 Å². The van der Waals surface area contributed by atoms with Crippen molar-refractivity contribution in [1.29, 1.82) is 0 Å². The first-order valence-electron chi connectivity index (χ1n) is 6.72. The third kappa shape index (κ3) is 2.74. The molecule has 1 heterocycles. The maximum absolute atomic E-state index is 12.4. The fourth-order valence-electron chi connectivity index (χ4n) is 2.39. The second kappa shape index (κ2) is 5.77. The lowest BCUT2D eigenvalue weighted by atomic mass is 10.1. The molecule has 108 valence electrons. The number of hydrogen-bond donors (Lipinski definition) is 1. The first kappa shape index (κ1) is 13.9. The van der Waals surface area contributed by atoms with Crippen molar-refractivity contribution in [2.24, 2.45) is 0 Å². The summed E-state index contributed by atoms with van der Waals surface area (Å²) in [6, 6.07) is 13.3. The smallest absolute Gasteiger partial charge is 0.230 e. The lowest BCUT2D eigenvalue weighted by molar-refractivity contribution is -0.118. The summed E-state index contributed by atoms with van der Waals surface area (Å²) < 4.78 is 6.48. The summed E-state index contributed by atoms with van der Waals surface area (Å²) in [4.78, 5) is 14.1. The van der Waals surface area contributed by atoms with E-state index in [1.165, 1.54) is 0 Å². The molecule has 1 aliphatic rings. The highest BCUT2D eigenvalue weighted by atomic mass is 79.9. The monoisotopic (exact) mass is 346 g/mol. The van der Waals surface area contributed by atoms with Gasteiger partial charge in [0.2, 0.25) is 5.91 Å². The predicted octanol–water partition coefficient (Wildman–Crippen LogP) is 3.35. The molecule has 0 aromatic heterocycles. The van der Waals surface area contributed by atoms with E-state index >= 15 is 0 Å². The van der Waals surface area contributed by atoms with Crippen LogP contribution in [0.25, 0.3) is 0 Å². The van der Waals surface area contributed by atoms with Crippen molar-refractivity contribution in [3.05, 3.63) is 52.5 Å². The van der Waals surface area contributed by atoms with Crippen molar-refractivity contribution < 1.29 is 9.53 Å². The van der Waals surface area contributed by atoms with E-state index in [1.54, 1.807) is 4.90 Å². The Balaban J connectivity index is 2.00. The molecule has 2 aromatic carbocycles. The number of amides is 1. The van der Waals surface area contributed by atoms with Crippen molar-refractivity contribution in [3.63, 3.8) is 0 Å². The zero-order valence-electron chi connectivity index (χ0n) is 11.4. The van der Waals surface area contributed by atoms with E-state index < -0.39 is 0 Å². The van der Waals surface area contributed by atoms with Crippen LogP contribution in [-0.4, -0.2) is 12.5 Å². The molecule has 0 saturated heterocycles. The second-order valence-electron chi connectivity index (χ2n) is 4.87. The number of carbonyl (C=O) groups is 1. The number of nitrogen functional groups attached to an aromatic ring is 1. The molecule has 1 amide bonds. The Morgan fingerprint density at radius 3 is 2.86 bits per heavy atom. The van der Waals surface area contributed by atoms with Crippen LogP contribution in [0.5, 0.6) is 5.75 Å². The number of carbonyl (C=O) groups excluding carboxylic acids is 1. The minimum atomic E-state index is 0.0503. The Hall–Kier alpha value is -2.01. The van der Waals surface area contributed by atoms with Crippen molar-refractivity contribution in [3.8, 4) is 5.75 Å². The van der Waals surface area contributed by atoms with Crippen molar-refractivity contribution >= 4 is 33.2 Å². The zero-order valence-corrected chi connectivity index (χ0v) is 13.0. The summed E-state index contributed by atoms with van der Waals surface area (Å²) in [5.41, 5.74) is 8.35. The van der Waals surface area contributed by atoms with Gasteiger partial charge in [0.15, 0.2) is 0 Å². The average Bonchev–Trinajstić information content (AvgIpc) is 2.64.